The number of amides is 2. The molecule has 2 heterocycles. The smallest absolute Gasteiger partial charge is 0.238 e. The predicted molar refractivity (Wildman–Crippen MR) is 178 cm³/mol. The molecule has 8 rings (SSSR count). The Balaban J connectivity index is 1.34. The van der Waals surface area contributed by atoms with Gasteiger partial charge in [-0.05, 0) is 72.4 Å². The van der Waals surface area contributed by atoms with Gasteiger partial charge < -0.3 is 9.52 Å². The van der Waals surface area contributed by atoms with E-state index < -0.39 is 35.0 Å². The Bertz CT molecular complexity index is 2000. The third-order valence-corrected chi connectivity index (χ3v) is 11.1. The summed E-state index contributed by atoms with van der Waals surface area (Å²) < 4.78 is 7.06. The molecule has 1 saturated heterocycles. The number of aliphatic hydroxyl groups excluding tert-OH is 1. The number of nitrogens with zero attached hydrogens (tertiary/aromatic N) is 1. The Kier molecular flexibility index (Phi) is 7.11. The van der Waals surface area contributed by atoms with Crippen molar-refractivity contribution in [3.8, 4) is 0 Å². The van der Waals surface area contributed by atoms with E-state index in [1.807, 2.05) is 66.7 Å². The number of rotatable bonds is 5. The first kappa shape index (κ1) is 29.7. The molecule has 8 heteroatoms. The molecule has 234 valence electrons. The van der Waals surface area contributed by atoms with Gasteiger partial charge in [-0.3, -0.25) is 24.1 Å². The number of Topliss-reactive ketones (excluding diaryl/α,β-unsaturated/α-hetero) is 1. The molecule has 6 unspecified atom stereocenters. The zero-order valence-corrected chi connectivity index (χ0v) is 26.8. The van der Waals surface area contributed by atoms with Crippen molar-refractivity contribution in [2.45, 2.75) is 30.8 Å². The lowest BCUT2D eigenvalue weighted by Gasteiger charge is -2.54. The van der Waals surface area contributed by atoms with Crippen LogP contribution in [0.1, 0.15) is 41.4 Å². The van der Waals surface area contributed by atoms with Crippen molar-refractivity contribution in [1.29, 1.82) is 0 Å². The van der Waals surface area contributed by atoms with Crippen LogP contribution in [0.2, 0.25) is 0 Å². The Labute approximate surface area is 279 Å². The Morgan fingerprint density at radius 3 is 2.21 bits per heavy atom. The minimum absolute atomic E-state index is 0.179. The highest BCUT2D eigenvalue weighted by molar-refractivity contribution is 9.10. The number of hydrogen-bond donors (Lipinski definition) is 1. The van der Waals surface area contributed by atoms with Crippen molar-refractivity contribution in [3.05, 3.63) is 142 Å². The molecule has 6 atom stereocenters. The van der Waals surface area contributed by atoms with Crippen molar-refractivity contribution in [3.63, 3.8) is 0 Å². The fourth-order valence-corrected chi connectivity index (χ4v) is 8.93. The largest absolute Gasteiger partial charge is 0.463 e. The molecule has 3 aliphatic carbocycles. The Morgan fingerprint density at radius 2 is 1.53 bits per heavy atom. The lowest BCUT2D eigenvalue weighted by atomic mass is 9.45. The van der Waals surface area contributed by atoms with Gasteiger partial charge in [0.2, 0.25) is 11.8 Å². The molecule has 2 amide bonds. The highest BCUT2D eigenvalue weighted by atomic mass is 79.9. The van der Waals surface area contributed by atoms with Crippen LogP contribution < -0.4 is 4.90 Å². The van der Waals surface area contributed by atoms with Gasteiger partial charge in [-0.2, -0.15) is 0 Å². The van der Waals surface area contributed by atoms with E-state index in [0.717, 1.165) is 10.0 Å². The second kappa shape index (κ2) is 11.2. The zero-order chi connectivity index (χ0) is 32.4. The summed E-state index contributed by atoms with van der Waals surface area (Å²) in [4.78, 5) is 59.4. The van der Waals surface area contributed by atoms with Gasteiger partial charge >= 0.3 is 0 Å². The third-order valence-electron chi connectivity index (χ3n) is 10.6. The third kappa shape index (κ3) is 4.35. The van der Waals surface area contributed by atoms with Gasteiger partial charge in [-0.15, -0.1) is 0 Å². The number of hydrogen-bond acceptors (Lipinski definition) is 6. The number of anilines is 1. The van der Waals surface area contributed by atoms with E-state index in [0.29, 0.717) is 40.3 Å². The highest BCUT2D eigenvalue weighted by Gasteiger charge is 2.66. The van der Waals surface area contributed by atoms with Crippen LogP contribution in [-0.2, 0) is 31.2 Å². The summed E-state index contributed by atoms with van der Waals surface area (Å²) in [7, 11) is 0. The highest BCUT2D eigenvalue weighted by Crippen LogP contribution is 2.63. The number of carbonyl (C=O) groups is 4. The van der Waals surface area contributed by atoms with E-state index in [1.54, 1.807) is 36.4 Å². The number of halogens is 1. The van der Waals surface area contributed by atoms with E-state index in [4.69, 9.17) is 4.42 Å². The summed E-state index contributed by atoms with van der Waals surface area (Å²) in [6, 6.07) is 29.1. The number of fused-ring (bicyclic) bond motifs is 4. The van der Waals surface area contributed by atoms with Crippen molar-refractivity contribution >= 4 is 50.6 Å². The molecule has 0 spiro atoms. The molecule has 2 fully saturated rings. The van der Waals surface area contributed by atoms with Crippen LogP contribution in [-0.4, -0.2) is 28.5 Å². The standard InChI is InChI=1S/C39H30BrNO6/c40-24-11-13-25(14-12-24)41-37(45)28-17-16-27-30(34(28)38(41)46)19-31-36(44)29(22-7-3-1-4-8-22)20-33(43)39(31,23-9-5-2-6-10-23)35(27)32-18-15-26(21-42)47-32/h1-16,18,20,28,30-31,34-35,42H,17,19,21H2. The molecule has 3 aromatic carbocycles. The SMILES string of the molecule is O=C1C(c2ccccc2)=CC(=O)C2(c3ccccc3)C1CC1C(=CCC3C(=O)N(c4ccc(Br)cc4)C(=O)C31)C2c1ccc(CO)o1. The maximum atomic E-state index is 14.9. The van der Waals surface area contributed by atoms with Gasteiger partial charge in [0.15, 0.2) is 11.6 Å². The fourth-order valence-electron chi connectivity index (χ4n) is 8.66. The molecule has 1 N–H and O–H groups in total. The van der Waals surface area contributed by atoms with Gasteiger partial charge in [0.25, 0.3) is 0 Å². The molecule has 4 aliphatic rings. The second-order valence-corrected chi connectivity index (χ2v) is 13.7. The van der Waals surface area contributed by atoms with Crippen LogP contribution in [0.25, 0.3) is 5.57 Å². The summed E-state index contributed by atoms with van der Waals surface area (Å²) in [5.41, 5.74) is 1.63. The monoisotopic (exact) mass is 687 g/mol. The quantitative estimate of drug-likeness (QED) is 0.188. The lowest BCUT2D eigenvalue weighted by molar-refractivity contribution is -0.135. The Morgan fingerprint density at radius 1 is 0.830 bits per heavy atom. The zero-order valence-electron chi connectivity index (χ0n) is 25.2. The number of furan rings is 1. The fraction of sp³-hybridized carbons (Fsp3) is 0.231. The van der Waals surface area contributed by atoms with Crippen LogP contribution in [0.5, 0.6) is 0 Å². The van der Waals surface area contributed by atoms with Gasteiger partial charge in [-0.1, -0.05) is 88.2 Å². The number of benzene rings is 3. The van der Waals surface area contributed by atoms with Gasteiger partial charge in [0.1, 0.15) is 18.1 Å². The number of aliphatic hydroxyl groups is 1. The molecule has 7 nitrogen and oxygen atoms in total. The first-order valence-corrected chi connectivity index (χ1v) is 16.6. The van der Waals surface area contributed by atoms with Crippen molar-refractivity contribution in [2.75, 3.05) is 4.90 Å². The summed E-state index contributed by atoms with van der Waals surface area (Å²) in [6.07, 6.45) is 4.02. The number of allylic oxidation sites excluding steroid dienone is 4. The predicted octanol–water partition coefficient (Wildman–Crippen LogP) is 6.56. The second-order valence-electron chi connectivity index (χ2n) is 12.7. The van der Waals surface area contributed by atoms with E-state index in [-0.39, 0.29) is 36.4 Å². The molecule has 0 radical (unpaired) electrons. The summed E-state index contributed by atoms with van der Waals surface area (Å²) in [5.74, 6) is -3.56. The number of carbonyl (C=O) groups excluding carboxylic acids is 4. The van der Waals surface area contributed by atoms with Crippen molar-refractivity contribution in [1.82, 2.24) is 0 Å². The van der Waals surface area contributed by atoms with Crippen LogP contribution in [0, 0.1) is 23.7 Å². The van der Waals surface area contributed by atoms with E-state index in [2.05, 4.69) is 15.9 Å². The topological polar surface area (TPSA) is 105 Å². The minimum atomic E-state index is -1.37. The molecule has 0 bridgehead atoms. The lowest BCUT2D eigenvalue weighted by Crippen LogP contribution is -2.58. The molecular formula is C39H30BrNO6. The molecule has 1 aromatic heterocycles. The Hall–Kier alpha value is -4.66. The van der Waals surface area contributed by atoms with Crippen molar-refractivity contribution in [2.24, 2.45) is 23.7 Å². The summed E-state index contributed by atoms with van der Waals surface area (Å²) in [5, 5.41) is 9.96. The molecular weight excluding hydrogens is 658 g/mol. The molecule has 47 heavy (non-hydrogen) atoms. The van der Waals surface area contributed by atoms with E-state index in [9.17, 15) is 24.3 Å². The number of imide groups is 1. The first-order valence-electron chi connectivity index (χ1n) is 15.8. The van der Waals surface area contributed by atoms with Crippen LogP contribution in [0.15, 0.2) is 124 Å². The summed E-state index contributed by atoms with van der Waals surface area (Å²) in [6.45, 7) is -0.332. The average molecular weight is 689 g/mol. The van der Waals surface area contributed by atoms with Gasteiger partial charge in [0, 0.05) is 16.0 Å². The van der Waals surface area contributed by atoms with E-state index in [1.165, 1.54) is 11.0 Å². The normalized spacial score (nSPS) is 28.4. The summed E-state index contributed by atoms with van der Waals surface area (Å²) >= 11 is 3.43. The van der Waals surface area contributed by atoms with Crippen molar-refractivity contribution < 1.29 is 28.7 Å². The van der Waals surface area contributed by atoms with Crippen LogP contribution in [0.3, 0.4) is 0 Å². The molecule has 1 saturated carbocycles. The van der Waals surface area contributed by atoms with Crippen LogP contribution in [0.4, 0.5) is 5.69 Å². The van der Waals surface area contributed by atoms with Crippen LogP contribution >= 0.6 is 15.9 Å². The minimum Gasteiger partial charge on any atom is -0.463 e. The van der Waals surface area contributed by atoms with E-state index >= 15 is 0 Å². The molecule has 1 aliphatic heterocycles. The van der Waals surface area contributed by atoms with Gasteiger partial charge in [-0.25, -0.2) is 0 Å². The molecule has 4 aromatic rings. The maximum Gasteiger partial charge on any atom is 0.238 e. The van der Waals surface area contributed by atoms with Gasteiger partial charge in [0.05, 0.1) is 28.9 Å². The first-order chi connectivity index (χ1) is 22.8. The maximum absolute atomic E-state index is 14.9. The average Bonchev–Trinajstić information content (AvgIpc) is 3.68. The number of ketones is 2.